The number of carbonyl (C=O) groups is 1. The minimum atomic E-state index is -0.0622. The molecule has 1 aromatic carbocycles. The van der Waals surface area contributed by atoms with Crippen LogP contribution in [-0.2, 0) is 18.4 Å². The van der Waals surface area contributed by atoms with Crippen LogP contribution in [0.2, 0.25) is 0 Å². The van der Waals surface area contributed by atoms with Crippen molar-refractivity contribution in [2.24, 2.45) is 13.0 Å². The van der Waals surface area contributed by atoms with Crippen LogP contribution in [0.1, 0.15) is 30.1 Å². The minimum Gasteiger partial charge on any atom is -0.349 e. The van der Waals surface area contributed by atoms with Crippen LogP contribution in [0.25, 0.3) is 11.0 Å². The second-order valence-corrected chi connectivity index (χ2v) is 7.53. The third kappa shape index (κ3) is 3.69. The SMILES string of the molecule is Cc1cc(C)nc(N2CCC[C@H](C(=O)NCc3nc4ccccc4n3C)C2)n1. The van der Waals surface area contributed by atoms with E-state index in [1.54, 1.807) is 0 Å². The van der Waals surface area contributed by atoms with E-state index in [9.17, 15) is 4.79 Å². The number of piperidine rings is 1. The number of rotatable bonds is 4. The molecule has 1 atom stereocenters. The van der Waals surface area contributed by atoms with Crippen molar-refractivity contribution in [3.63, 3.8) is 0 Å². The summed E-state index contributed by atoms with van der Waals surface area (Å²) in [5.41, 5.74) is 3.93. The Bertz CT molecular complexity index is 991. The first-order valence-electron chi connectivity index (χ1n) is 9.76. The van der Waals surface area contributed by atoms with E-state index < -0.39 is 0 Å². The van der Waals surface area contributed by atoms with Gasteiger partial charge in [0.15, 0.2) is 0 Å². The summed E-state index contributed by atoms with van der Waals surface area (Å²) in [7, 11) is 1.98. The number of fused-ring (bicyclic) bond motifs is 1. The molecule has 0 unspecified atom stereocenters. The normalized spacial score (nSPS) is 17.1. The summed E-state index contributed by atoms with van der Waals surface area (Å²) in [6, 6.07) is 9.97. The molecule has 4 rings (SSSR count). The van der Waals surface area contributed by atoms with Gasteiger partial charge in [0.05, 0.1) is 23.5 Å². The van der Waals surface area contributed by atoms with E-state index in [0.717, 1.165) is 53.6 Å². The summed E-state index contributed by atoms with van der Waals surface area (Å²) < 4.78 is 2.03. The molecule has 2 aromatic heterocycles. The minimum absolute atomic E-state index is 0.0622. The van der Waals surface area contributed by atoms with Crippen molar-refractivity contribution in [2.45, 2.75) is 33.2 Å². The van der Waals surface area contributed by atoms with Gasteiger partial charge in [-0.1, -0.05) is 12.1 Å². The van der Waals surface area contributed by atoms with E-state index in [0.29, 0.717) is 13.1 Å². The molecule has 7 heteroatoms. The summed E-state index contributed by atoms with van der Waals surface area (Å²) in [5, 5.41) is 3.08. The average Bonchev–Trinajstić information content (AvgIpc) is 3.01. The lowest BCUT2D eigenvalue weighted by atomic mass is 9.97. The largest absolute Gasteiger partial charge is 0.349 e. The molecule has 1 aliphatic rings. The molecule has 1 amide bonds. The van der Waals surface area contributed by atoms with Gasteiger partial charge in [0.2, 0.25) is 11.9 Å². The third-order valence-electron chi connectivity index (χ3n) is 5.35. The molecule has 1 N–H and O–H groups in total. The molecule has 0 aliphatic carbocycles. The monoisotopic (exact) mass is 378 g/mol. The highest BCUT2D eigenvalue weighted by atomic mass is 16.1. The van der Waals surface area contributed by atoms with Crippen LogP contribution in [0.4, 0.5) is 5.95 Å². The molecule has 0 radical (unpaired) electrons. The van der Waals surface area contributed by atoms with Crippen LogP contribution in [-0.4, -0.2) is 38.5 Å². The molecule has 0 saturated carbocycles. The van der Waals surface area contributed by atoms with Gasteiger partial charge in [-0.2, -0.15) is 0 Å². The predicted octanol–water partition coefficient (Wildman–Crippen LogP) is 2.51. The molecule has 1 saturated heterocycles. The van der Waals surface area contributed by atoms with E-state index in [-0.39, 0.29) is 11.8 Å². The second kappa shape index (κ2) is 7.58. The maximum Gasteiger partial charge on any atom is 0.225 e. The number of para-hydroxylation sites is 2. The highest BCUT2D eigenvalue weighted by Gasteiger charge is 2.27. The van der Waals surface area contributed by atoms with Gasteiger partial charge >= 0.3 is 0 Å². The Morgan fingerprint density at radius 1 is 1.18 bits per heavy atom. The third-order valence-corrected chi connectivity index (χ3v) is 5.35. The van der Waals surface area contributed by atoms with Crippen LogP contribution in [0.3, 0.4) is 0 Å². The van der Waals surface area contributed by atoms with Gasteiger partial charge in [0, 0.05) is 31.5 Å². The number of hydrogen-bond donors (Lipinski definition) is 1. The Balaban J connectivity index is 1.42. The van der Waals surface area contributed by atoms with Crippen LogP contribution >= 0.6 is 0 Å². The molecular weight excluding hydrogens is 352 g/mol. The van der Waals surface area contributed by atoms with Crippen LogP contribution < -0.4 is 10.2 Å². The van der Waals surface area contributed by atoms with Gasteiger partial charge in [-0.25, -0.2) is 15.0 Å². The number of carbonyl (C=O) groups excluding carboxylic acids is 1. The fourth-order valence-electron chi connectivity index (χ4n) is 3.89. The highest BCUT2D eigenvalue weighted by molar-refractivity contribution is 5.80. The maximum atomic E-state index is 12.8. The summed E-state index contributed by atoms with van der Waals surface area (Å²) in [4.78, 5) is 28.7. The Hall–Kier alpha value is -2.96. The summed E-state index contributed by atoms with van der Waals surface area (Å²) in [5.74, 6) is 1.60. The first-order valence-corrected chi connectivity index (χ1v) is 9.76. The number of aromatic nitrogens is 4. The standard InChI is InChI=1S/C21H26N6O/c1-14-11-15(2)24-21(23-14)27-10-6-7-16(13-27)20(28)22-12-19-25-17-8-4-5-9-18(17)26(19)3/h4-5,8-9,11,16H,6-7,10,12-13H2,1-3H3,(H,22,28)/t16-/m0/s1. The number of imidazole rings is 1. The second-order valence-electron chi connectivity index (χ2n) is 7.53. The molecule has 0 spiro atoms. The Kier molecular flexibility index (Phi) is 4.98. The van der Waals surface area contributed by atoms with Crippen molar-refractivity contribution in [1.29, 1.82) is 0 Å². The van der Waals surface area contributed by atoms with Gasteiger partial charge in [-0.3, -0.25) is 4.79 Å². The first-order chi connectivity index (χ1) is 13.5. The number of amides is 1. The van der Waals surface area contributed by atoms with Gasteiger partial charge in [-0.05, 0) is 44.9 Å². The molecular formula is C21H26N6O. The van der Waals surface area contributed by atoms with E-state index in [2.05, 4.69) is 25.2 Å². The quantitative estimate of drug-likeness (QED) is 0.755. The number of aryl methyl sites for hydroxylation is 3. The van der Waals surface area contributed by atoms with Crippen molar-refractivity contribution < 1.29 is 4.79 Å². The van der Waals surface area contributed by atoms with E-state index >= 15 is 0 Å². The smallest absolute Gasteiger partial charge is 0.225 e. The lowest BCUT2D eigenvalue weighted by Gasteiger charge is -2.32. The molecule has 1 fully saturated rings. The molecule has 1 aliphatic heterocycles. The summed E-state index contributed by atoms with van der Waals surface area (Å²) >= 11 is 0. The Morgan fingerprint density at radius 2 is 1.93 bits per heavy atom. The lowest BCUT2D eigenvalue weighted by molar-refractivity contribution is -0.125. The van der Waals surface area contributed by atoms with Gasteiger partial charge in [-0.15, -0.1) is 0 Å². The van der Waals surface area contributed by atoms with Gasteiger partial charge < -0.3 is 14.8 Å². The summed E-state index contributed by atoms with van der Waals surface area (Å²) in [6.07, 6.45) is 1.84. The van der Waals surface area contributed by atoms with Gasteiger partial charge in [0.25, 0.3) is 0 Å². The van der Waals surface area contributed by atoms with Crippen molar-refractivity contribution in [2.75, 3.05) is 18.0 Å². The molecule has 28 heavy (non-hydrogen) atoms. The molecule has 3 aromatic rings. The van der Waals surface area contributed by atoms with Crippen LogP contribution in [0.15, 0.2) is 30.3 Å². The van der Waals surface area contributed by atoms with Crippen molar-refractivity contribution >= 4 is 22.9 Å². The van der Waals surface area contributed by atoms with Crippen molar-refractivity contribution in [3.05, 3.63) is 47.5 Å². The zero-order valence-electron chi connectivity index (χ0n) is 16.6. The number of anilines is 1. The van der Waals surface area contributed by atoms with Crippen LogP contribution in [0.5, 0.6) is 0 Å². The highest BCUT2D eigenvalue weighted by Crippen LogP contribution is 2.21. The Morgan fingerprint density at radius 3 is 2.68 bits per heavy atom. The van der Waals surface area contributed by atoms with Crippen molar-refractivity contribution in [1.82, 2.24) is 24.8 Å². The Labute approximate surface area is 164 Å². The fraction of sp³-hybridized carbons (Fsp3) is 0.429. The predicted molar refractivity (Wildman–Crippen MR) is 109 cm³/mol. The number of nitrogens with one attached hydrogen (secondary N) is 1. The average molecular weight is 378 g/mol. The number of nitrogens with zero attached hydrogens (tertiary/aromatic N) is 5. The summed E-state index contributed by atoms with van der Waals surface area (Å²) in [6.45, 7) is 5.92. The van der Waals surface area contributed by atoms with E-state index in [1.165, 1.54) is 0 Å². The molecule has 146 valence electrons. The topological polar surface area (TPSA) is 75.9 Å². The number of benzene rings is 1. The van der Waals surface area contributed by atoms with Crippen molar-refractivity contribution in [3.8, 4) is 0 Å². The first kappa shape index (κ1) is 18.4. The lowest BCUT2D eigenvalue weighted by Crippen LogP contribution is -2.43. The van der Waals surface area contributed by atoms with Crippen LogP contribution in [0, 0.1) is 19.8 Å². The molecule has 7 nitrogen and oxygen atoms in total. The zero-order chi connectivity index (χ0) is 19.7. The van der Waals surface area contributed by atoms with Gasteiger partial charge in [0.1, 0.15) is 5.82 Å². The fourth-order valence-corrected chi connectivity index (χ4v) is 3.89. The maximum absolute atomic E-state index is 12.8. The van der Waals surface area contributed by atoms with E-state index in [4.69, 9.17) is 0 Å². The molecule has 3 heterocycles. The molecule has 0 bridgehead atoms. The van der Waals surface area contributed by atoms with E-state index in [1.807, 2.05) is 55.8 Å². The zero-order valence-corrected chi connectivity index (χ0v) is 16.6. The number of hydrogen-bond acceptors (Lipinski definition) is 5.